The number of para-hydroxylation sites is 2. The zero-order valence-electron chi connectivity index (χ0n) is 21.0. The predicted molar refractivity (Wildman–Crippen MR) is 154 cm³/mol. The molecule has 6 heteroatoms. The van der Waals surface area contributed by atoms with Crippen LogP contribution < -0.4 is 4.90 Å². The van der Waals surface area contributed by atoms with E-state index in [1.54, 1.807) is 24.3 Å². The van der Waals surface area contributed by atoms with Gasteiger partial charge in [0.1, 0.15) is 0 Å². The van der Waals surface area contributed by atoms with Crippen LogP contribution in [0.15, 0.2) is 119 Å². The van der Waals surface area contributed by atoms with E-state index in [-0.39, 0.29) is 23.0 Å². The van der Waals surface area contributed by atoms with Crippen LogP contribution in [0.4, 0.5) is 17.1 Å². The van der Waals surface area contributed by atoms with Crippen molar-refractivity contribution in [2.45, 2.75) is 0 Å². The molecule has 0 N–H and O–H groups in total. The summed E-state index contributed by atoms with van der Waals surface area (Å²) in [5.74, 6) is -0.240. The molecule has 0 saturated heterocycles. The molecule has 0 unspecified atom stereocenters. The first kappa shape index (κ1) is 22.4. The second-order valence-corrected chi connectivity index (χ2v) is 9.76. The van der Waals surface area contributed by atoms with Gasteiger partial charge in [-0.25, -0.2) is 0 Å². The standard InChI is InChI=1S/C34H19N3O3/c38-32-24-12-4-5-13-25(24)33(39)27(32)19-30-35-36-34(40-30)26-17-18-29-31-22(14-8-15-23(26)31)21-11-6-7-16-28(21)37(29)20-9-2-1-3-10-20/h1-19H. The third-order valence-corrected chi connectivity index (χ3v) is 7.55. The molecule has 8 rings (SSSR count). The van der Waals surface area contributed by atoms with E-state index in [0.29, 0.717) is 17.0 Å². The molecule has 0 fully saturated rings. The van der Waals surface area contributed by atoms with Crippen LogP contribution in [-0.2, 0) is 0 Å². The molecule has 1 aromatic heterocycles. The third kappa shape index (κ3) is 3.16. The summed E-state index contributed by atoms with van der Waals surface area (Å²) in [4.78, 5) is 28.0. The van der Waals surface area contributed by atoms with Gasteiger partial charge in [0.25, 0.3) is 0 Å². The number of hydrogen-bond acceptors (Lipinski definition) is 6. The number of rotatable bonds is 3. The maximum absolute atomic E-state index is 12.8. The summed E-state index contributed by atoms with van der Waals surface area (Å²) in [6.45, 7) is 0. The van der Waals surface area contributed by atoms with Gasteiger partial charge in [-0.2, -0.15) is 0 Å². The molecule has 2 aliphatic rings. The normalized spacial score (nSPS) is 13.5. The molecule has 5 aromatic carbocycles. The van der Waals surface area contributed by atoms with E-state index >= 15 is 0 Å². The average molecular weight is 518 g/mol. The molecule has 0 atom stereocenters. The molecule has 0 spiro atoms. The Bertz CT molecular complexity index is 2020. The molecule has 188 valence electrons. The number of Topliss-reactive ketones (excluding diaryl/α,β-unsaturated/α-hetero) is 2. The number of carbonyl (C=O) groups excluding carboxylic acids is 2. The number of nitrogens with zero attached hydrogens (tertiary/aromatic N) is 3. The van der Waals surface area contributed by atoms with E-state index in [0.717, 1.165) is 44.5 Å². The Labute approximate surface area is 228 Å². The van der Waals surface area contributed by atoms with E-state index in [1.165, 1.54) is 6.08 Å². The van der Waals surface area contributed by atoms with Gasteiger partial charge >= 0.3 is 0 Å². The van der Waals surface area contributed by atoms with Gasteiger partial charge in [-0.3, -0.25) is 9.59 Å². The number of benzene rings is 5. The maximum Gasteiger partial charge on any atom is 0.248 e. The fourth-order valence-electron chi connectivity index (χ4n) is 5.80. The van der Waals surface area contributed by atoms with Crippen molar-refractivity contribution in [3.05, 3.63) is 132 Å². The van der Waals surface area contributed by atoms with Crippen LogP contribution in [0.5, 0.6) is 0 Å². The lowest BCUT2D eigenvalue weighted by Crippen LogP contribution is -2.15. The largest absolute Gasteiger partial charge is 0.417 e. The summed E-state index contributed by atoms with van der Waals surface area (Å²) < 4.78 is 6.03. The minimum Gasteiger partial charge on any atom is -0.417 e. The quantitative estimate of drug-likeness (QED) is 0.176. The first-order valence-corrected chi connectivity index (χ1v) is 12.9. The van der Waals surface area contributed by atoms with Gasteiger partial charge in [-0.05, 0) is 41.3 Å². The van der Waals surface area contributed by atoms with Gasteiger partial charge in [0.2, 0.25) is 11.8 Å². The smallest absolute Gasteiger partial charge is 0.248 e. The van der Waals surface area contributed by atoms with Crippen molar-refractivity contribution in [1.82, 2.24) is 10.2 Å². The summed E-state index contributed by atoms with van der Waals surface area (Å²) in [5.41, 5.74) is 7.09. The van der Waals surface area contributed by atoms with Crippen molar-refractivity contribution in [1.29, 1.82) is 0 Å². The van der Waals surface area contributed by atoms with E-state index in [9.17, 15) is 9.59 Å². The van der Waals surface area contributed by atoms with Gasteiger partial charge in [0.05, 0.1) is 16.9 Å². The Kier molecular flexibility index (Phi) is 4.72. The molecular weight excluding hydrogens is 498 g/mol. The van der Waals surface area contributed by atoms with Crippen LogP contribution in [0, 0.1) is 0 Å². The van der Waals surface area contributed by atoms with Crippen molar-refractivity contribution < 1.29 is 14.0 Å². The van der Waals surface area contributed by atoms with Crippen LogP contribution in [-0.4, -0.2) is 21.8 Å². The highest BCUT2D eigenvalue weighted by molar-refractivity contribution is 6.41. The second-order valence-electron chi connectivity index (χ2n) is 9.76. The first-order chi connectivity index (χ1) is 19.7. The van der Waals surface area contributed by atoms with Crippen molar-refractivity contribution in [2.75, 3.05) is 4.90 Å². The van der Waals surface area contributed by atoms with E-state index in [1.807, 2.05) is 30.3 Å². The summed E-state index contributed by atoms with van der Waals surface area (Å²) in [6, 6.07) is 35.8. The molecule has 1 aliphatic heterocycles. The predicted octanol–water partition coefficient (Wildman–Crippen LogP) is 7.80. The minimum atomic E-state index is -0.332. The lowest BCUT2D eigenvalue weighted by Gasteiger charge is -2.33. The molecule has 0 amide bonds. The summed E-state index contributed by atoms with van der Waals surface area (Å²) in [7, 11) is 0. The lowest BCUT2D eigenvalue weighted by atomic mass is 9.89. The van der Waals surface area contributed by atoms with Crippen molar-refractivity contribution in [3.8, 4) is 22.6 Å². The van der Waals surface area contributed by atoms with Crippen molar-refractivity contribution >= 4 is 45.5 Å². The van der Waals surface area contributed by atoms with Gasteiger partial charge < -0.3 is 9.32 Å². The molecule has 0 bridgehead atoms. The van der Waals surface area contributed by atoms with E-state index in [4.69, 9.17) is 4.42 Å². The van der Waals surface area contributed by atoms with Gasteiger partial charge in [0, 0.05) is 39.4 Å². The molecule has 0 radical (unpaired) electrons. The summed E-state index contributed by atoms with van der Waals surface area (Å²) in [5, 5.41) is 10.5. The Morgan fingerprint density at radius 3 is 2.02 bits per heavy atom. The minimum absolute atomic E-state index is 0.0309. The number of fused-ring (bicyclic) bond motifs is 3. The number of allylic oxidation sites excluding steroid dienone is 1. The number of hydrogen-bond donors (Lipinski definition) is 0. The Hall–Kier alpha value is -5.62. The topological polar surface area (TPSA) is 76.3 Å². The van der Waals surface area contributed by atoms with E-state index < -0.39 is 0 Å². The van der Waals surface area contributed by atoms with Crippen LogP contribution in [0.25, 0.3) is 39.4 Å². The Balaban J connectivity index is 1.27. The number of anilines is 3. The van der Waals surface area contributed by atoms with Gasteiger partial charge in [0.15, 0.2) is 11.6 Å². The van der Waals surface area contributed by atoms with Gasteiger partial charge in [-0.1, -0.05) is 78.9 Å². The zero-order valence-corrected chi connectivity index (χ0v) is 21.0. The number of ketones is 2. The molecule has 6 aromatic rings. The zero-order chi connectivity index (χ0) is 26.8. The summed E-state index contributed by atoms with van der Waals surface area (Å²) in [6.07, 6.45) is 1.39. The fourth-order valence-corrected chi connectivity index (χ4v) is 5.80. The summed E-state index contributed by atoms with van der Waals surface area (Å²) >= 11 is 0. The highest BCUT2D eigenvalue weighted by Gasteiger charge is 2.33. The number of aromatic nitrogens is 2. The molecule has 1 aliphatic carbocycles. The van der Waals surface area contributed by atoms with Gasteiger partial charge in [-0.15, -0.1) is 10.2 Å². The Morgan fingerprint density at radius 2 is 1.25 bits per heavy atom. The lowest BCUT2D eigenvalue weighted by molar-refractivity contribution is 0.0990. The first-order valence-electron chi connectivity index (χ1n) is 12.9. The molecule has 40 heavy (non-hydrogen) atoms. The highest BCUT2D eigenvalue weighted by Crippen LogP contribution is 2.52. The van der Waals surface area contributed by atoms with Crippen LogP contribution in [0.2, 0.25) is 0 Å². The molecule has 0 saturated carbocycles. The SMILES string of the molecule is O=C1C(=Cc2nnc(-c3ccc4c5c(cccc35)-c3ccccc3N4c3ccccc3)o2)C(=O)c2ccccc21. The second kappa shape index (κ2) is 8.44. The van der Waals surface area contributed by atoms with Crippen molar-refractivity contribution in [2.24, 2.45) is 0 Å². The maximum atomic E-state index is 12.8. The van der Waals surface area contributed by atoms with E-state index in [2.05, 4.69) is 69.7 Å². The van der Waals surface area contributed by atoms with Crippen molar-refractivity contribution in [3.63, 3.8) is 0 Å². The third-order valence-electron chi connectivity index (χ3n) is 7.55. The highest BCUT2D eigenvalue weighted by atomic mass is 16.4. The monoisotopic (exact) mass is 517 g/mol. The van der Waals surface area contributed by atoms with Crippen LogP contribution >= 0.6 is 0 Å². The molecular formula is C34H19N3O3. The fraction of sp³-hybridized carbons (Fsp3) is 0. The van der Waals surface area contributed by atoms with Crippen LogP contribution in [0.3, 0.4) is 0 Å². The number of carbonyl (C=O) groups is 2. The molecule has 2 heterocycles. The molecule has 6 nitrogen and oxygen atoms in total. The van der Waals surface area contributed by atoms with Crippen LogP contribution in [0.1, 0.15) is 26.6 Å². The Morgan fingerprint density at radius 1 is 0.575 bits per heavy atom. The average Bonchev–Trinajstić information content (AvgIpc) is 3.57.